The van der Waals surface area contributed by atoms with Gasteiger partial charge in [0.1, 0.15) is 0 Å². The van der Waals surface area contributed by atoms with Gasteiger partial charge in [0.15, 0.2) is 0 Å². The molecule has 9 aromatic rings. The average molecular weight is 576 g/mol. The van der Waals surface area contributed by atoms with E-state index in [0.29, 0.717) is 0 Å². The molecular weight excluding hydrogens is 546 g/mol. The molecule has 0 aliphatic heterocycles. The fourth-order valence-electron chi connectivity index (χ4n) is 7.68. The molecule has 212 valence electrons. The Kier molecular flexibility index (Phi) is 5.21. The Bertz CT molecular complexity index is 2820. The average Bonchev–Trinajstić information content (AvgIpc) is 3.79. The van der Waals surface area contributed by atoms with Crippen LogP contribution in [0.4, 0.5) is 0 Å². The van der Waals surface area contributed by atoms with Gasteiger partial charge in [-0.05, 0) is 60.7 Å². The predicted molar refractivity (Wildman–Crippen MR) is 194 cm³/mol. The van der Waals surface area contributed by atoms with E-state index in [4.69, 9.17) is 0 Å². The number of hydrogen-bond acceptors (Lipinski definition) is 0. The molecule has 0 aliphatic carbocycles. The van der Waals surface area contributed by atoms with Gasteiger partial charge < -0.3 is 13.5 Å². The van der Waals surface area contributed by atoms with Crippen LogP contribution in [-0.2, 0) is 0 Å². The van der Waals surface area contributed by atoms with E-state index in [1.165, 1.54) is 43.5 Å². The van der Waals surface area contributed by atoms with Crippen LogP contribution in [0.3, 0.4) is 0 Å². The van der Waals surface area contributed by atoms with E-state index >= 15 is 0 Å². The highest BCUT2D eigenvalue weighted by molar-refractivity contribution is 6.30. The zero-order valence-electron chi connectivity index (χ0n) is 24.8. The van der Waals surface area contributed by atoms with Crippen LogP contribution in [0.5, 0.6) is 0 Å². The van der Waals surface area contributed by atoms with Crippen LogP contribution in [0.15, 0.2) is 129 Å². The van der Waals surface area contributed by atoms with Crippen molar-refractivity contribution in [1.29, 1.82) is 0 Å². The minimum atomic E-state index is 0.997. The molecule has 0 N–H and O–H groups in total. The summed E-state index contributed by atoms with van der Waals surface area (Å²) >= 11 is 0. The quantitative estimate of drug-likeness (QED) is 0.194. The topological polar surface area (TPSA) is 14.3 Å². The van der Waals surface area contributed by atoms with E-state index in [1.807, 2.05) is 18.2 Å². The molecule has 4 heterocycles. The van der Waals surface area contributed by atoms with Crippen LogP contribution < -0.4 is 10.6 Å². The summed E-state index contributed by atoms with van der Waals surface area (Å²) in [5, 5.41) is 9.23. The normalized spacial score (nSPS) is 12.5. The zero-order chi connectivity index (χ0) is 30.4. The molecule has 0 saturated carbocycles. The molecule has 45 heavy (non-hydrogen) atoms. The fraction of sp³-hybridized carbons (Fsp3) is 0. The summed E-state index contributed by atoms with van der Waals surface area (Å²) in [6.07, 6.45) is 7.85. The Labute approximate surface area is 259 Å². The van der Waals surface area contributed by atoms with Crippen molar-refractivity contribution < 1.29 is 0 Å². The molecule has 3 nitrogen and oxygen atoms in total. The first-order valence-corrected chi connectivity index (χ1v) is 15.2. The van der Waals surface area contributed by atoms with E-state index in [2.05, 4.69) is 149 Å². The number of hydrogen-bond donors (Lipinski definition) is 0. The van der Waals surface area contributed by atoms with Crippen LogP contribution in [0.25, 0.3) is 96.1 Å². The lowest BCUT2D eigenvalue weighted by molar-refractivity contribution is 1.08. The molecule has 0 amide bonds. The van der Waals surface area contributed by atoms with Crippen molar-refractivity contribution >= 4 is 84.7 Å². The summed E-state index contributed by atoms with van der Waals surface area (Å²) in [5.41, 5.74) is 10.2. The van der Waals surface area contributed by atoms with E-state index in [1.54, 1.807) is 0 Å². The second-order valence-electron chi connectivity index (χ2n) is 11.6. The Hall–Kier alpha value is -6.06. The van der Waals surface area contributed by atoms with E-state index in [-0.39, 0.29) is 0 Å². The maximum absolute atomic E-state index is 4.49. The Morgan fingerprint density at radius 3 is 1.98 bits per heavy atom. The number of para-hydroxylation sites is 3. The number of allylic oxidation sites excluding steroid dienone is 1. The lowest BCUT2D eigenvalue weighted by atomic mass is 10.0. The first-order valence-electron chi connectivity index (χ1n) is 15.2. The summed E-state index contributed by atoms with van der Waals surface area (Å²) in [6, 6.07) is 36.9. The maximum atomic E-state index is 4.49. The van der Waals surface area contributed by atoms with Crippen molar-refractivity contribution in [1.82, 2.24) is 13.5 Å². The van der Waals surface area contributed by atoms with Gasteiger partial charge in [-0.15, -0.1) is 0 Å². The number of aromatic nitrogens is 3. The van der Waals surface area contributed by atoms with E-state index in [0.717, 1.165) is 49.6 Å². The van der Waals surface area contributed by atoms with Crippen LogP contribution in [-0.4, -0.2) is 13.5 Å². The third-order valence-corrected chi connectivity index (χ3v) is 9.42. The van der Waals surface area contributed by atoms with Crippen molar-refractivity contribution in [3.05, 3.63) is 151 Å². The van der Waals surface area contributed by atoms with Crippen molar-refractivity contribution in [2.75, 3.05) is 0 Å². The smallest absolute Gasteiger partial charge is 0.0622 e. The largest absolute Gasteiger partial charge is 0.309 e. The van der Waals surface area contributed by atoms with Crippen molar-refractivity contribution in [2.45, 2.75) is 0 Å². The minimum absolute atomic E-state index is 0.997. The highest BCUT2D eigenvalue weighted by Crippen LogP contribution is 2.45. The number of rotatable bonds is 5. The molecule has 9 rings (SSSR count). The van der Waals surface area contributed by atoms with E-state index in [9.17, 15) is 0 Å². The monoisotopic (exact) mass is 575 g/mol. The zero-order valence-corrected chi connectivity index (χ0v) is 24.8. The number of benzene rings is 5. The van der Waals surface area contributed by atoms with Crippen molar-refractivity contribution in [3.63, 3.8) is 0 Å². The van der Waals surface area contributed by atoms with Gasteiger partial charge in [0.25, 0.3) is 0 Å². The molecule has 0 atom stereocenters. The second kappa shape index (κ2) is 9.22. The molecule has 4 aromatic heterocycles. The molecule has 0 fully saturated rings. The first-order chi connectivity index (χ1) is 22.2. The molecule has 3 heteroatoms. The molecule has 0 unspecified atom stereocenters. The predicted octanol–water partition coefficient (Wildman–Crippen LogP) is 9.39. The Morgan fingerprint density at radius 1 is 0.533 bits per heavy atom. The van der Waals surface area contributed by atoms with Gasteiger partial charge in [0.2, 0.25) is 0 Å². The van der Waals surface area contributed by atoms with Gasteiger partial charge in [0.05, 0.1) is 38.6 Å². The van der Waals surface area contributed by atoms with Crippen molar-refractivity contribution in [3.8, 4) is 11.4 Å². The Morgan fingerprint density at radius 2 is 1.22 bits per heavy atom. The summed E-state index contributed by atoms with van der Waals surface area (Å²) in [7, 11) is 0. The second-order valence-corrected chi connectivity index (χ2v) is 11.6. The van der Waals surface area contributed by atoms with Crippen LogP contribution >= 0.6 is 0 Å². The van der Waals surface area contributed by atoms with Gasteiger partial charge in [-0.3, -0.25) is 0 Å². The third-order valence-electron chi connectivity index (χ3n) is 9.42. The molecule has 0 spiro atoms. The summed E-state index contributed by atoms with van der Waals surface area (Å²) in [5.74, 6) is 0. The van der Waals surface area contributed by atoms with E-state index < -0.39 is 0 Å². The van der Waals surface area contributed by atoms with Crippen LogP contribution in [0.2, 0.25) is 0 Å². The van der Waals surface area contributed by atoms with Gasteiger partial charge in [-0.25, -0.2) is 0 Å². The van der Waals surface area contributed by atoms with Crippen LogP contribution in [0.1, 0.15) is 11.3 Å². The molecular formula is C42H29N3. The number of fused-ring (bicyclic) bond motifs is 9. The highest BCUT2D eigenvalue weighted by atomic mass is 15.0. The maximum Gasteiger partial charge on any atom is 0.0622 e. The fourth-order valence-corrected chi connectivity index (χ4v) is 7.68. The third kappa shape index (κ3) is 3.19. The summed E-state index contributed by atoms with van der Waals surface area (Å²) in [6.45, 7) is 17.1. The van der Waals surface area contributed by atoms with Crippen molar-refractivity contribution in [2.24, 2.45) is 0 Å². The summed E-state index contributed by atoms with van der Waals surface area (Å²) in [4.78, 5) is 0. The van der Waals surface area contributed by atoms with Gasteiger partial charge >= 0.3 is 0 Å². The van der Waals surface area contributed by atoms with Crippen LogP contribution in [0, 0.1) is 0 Å². The first kappa shape index (κ1) is 25.4. The molecule has 0 radical (unpaired) electrons. The summed E-state index contributed by atoms with van der Waals surface area (Å²) < 4.78 is 7.08. The van der Waals surface area contributed by atoms with Gasteiger partial charge in [-0.1, -0.05) is 93.1 Å². The number of nitrogens with zero attached hydrogens (tertiary/aromatic N) is 3. The minimum Gasteiger partial charge on any atom is -0.309 e. The highest BCUT2D eigenvalue weighted by Gasteiger charge is 2.24. The van der Waals surface area contributed by atoms with Gasteiger partial charge in [-0.2, -0.15) is 0 Å². The molecule has 5 aromatic carbocycles. The molecule has 0 saturated heterocycles. The standard InChI is InChI=1S/C42H29N3/c1-5-15-35-26(4)30-18-11-13-20-36(30)44(35)28-24-32-31-19-12-14-21-37(31)45-39-23-22-38-40(41(39)33(25-28)42(32)45)29(6-2)34(7-3)43(38)27-16-9-8-10-17-27/h5-25H,1-4H2/b35-15+. The lowest BCUT2D eigenvalue weighted by Gasteiger charge is -2.09. The lowest BCUT2D eigenvalue weighted by Crippen LogP contribution is -2.26. The van der Waals surface area contributed by atoms with Gasteiger partial charge in [0, 0.05) is 54.5 Å². The SMILES string of the molecule is C=C/C=c1\c(=C)c2ccccc2n1-c1cc2c3ccccc3n3c4ccc5c(c(C=C)c(C=C)n5-c5ccccc5)c4c(c1)c23. The Balaban J connectivity index is 1.55. The molecule has 0 bridgehead atoms. The molecule has 0 aliphatic rings.